The average Bonchev–Trinajstić information content (AvgIpc) is 2.44. The van der Waals surface area contributed by atoms with Crippen LogP contribution in [0.1, 0.15) is 65.7 Å². The lowest BCUT2D eigenvalue weighted by Gasteiger charge is -2.31. The van der Waals surface area contributed by atoms with Crippen molar-refractivity contribution in [1.29, 1.82) is 0 Å². The summed E-state index contributed by atoms with van der Waals surface area (Å²) in [5, 5.41) is 0. The van der Waals surface area contributed by atoms with Crippen molar-refractivity contribution in [3.63, 3.8) is 0 Å². The monoisotopic (exact) mass is 338 g/mol. The van der Waals surface area contributed by atoms with Crippen LogP contribution in [0.2, 0.25) is 18.1 Å². The maximum absolute atomic E-state index is 13.0. The summed E-state index contributed by atoms with van der Waals surface area (Å²) in [6.45, 7) is 6.50. The van der Waals surface area contributed by atoms with Crippen LogP contribution in [0.3, 0.4) is 0 Å². The SMILES string of the molecule is CCCC[Si](CCCC)(CCCC)S(=O)(=O)CCCS. The molecule has 0 amide bonds. The molecule has 0 aliphatic carbocycles. The van der Waals surface area contributed by atoms with Crippen LogP contribution < -0.4 is 0 Å². The molecule has 0 rings (SSSR count). The van der Waals surface area contributed by atoms with Gasteiger partial charge in [-0.1, -0.05) is 59.3 Å². The van der Waals surface area contributed by atoms with Crippen LogP contribution in [0.5, 0.6) is 0 Å². The molecule has 0 spiro atoms. The van der Waals surface area contributed by atoms with Crippen LogP contribution in [0.25, 0.3) is 0 Å². The minimum Gasteiger partial charge on any atom is -0.236 e. The zero-order chi connectivity index (χ0) is 15.5. The molecule has 2 nitrogen and oxygen atoms in total. The standard InChI is InChI=1S/C15H34O2S2Si/c1-4-7-13-20(14-8-5-2,15-9-6-3)19(16,17)12-10-11-18/h18H,4-15H2,1-3H3. The summed E-state index contributed by atoms with van der Waals surface area (Å²) in [6, 6.07) is 2.95. The molecule has 0 saturated carbocycles. The van der Waals surface area contributed by atoms with E-state index in [1.54, 1.807) is 0 Å². The third kappa shape index (κ3) is 6.52. The molecule has 0 aromatic rings. The molecule has 0 saturated heterocycles. The van der Waals surface area contributed by atoms with Crippen LogP contribution in [-0.2, 0) is 9.29 Å². The molecule has 0 N–H and O–H groups in total. The fourth-order valence-corrected chi connectivity index (χ4v) is 14.6. The van der Waals surface area contributed by atoms with Crippen molar-refractivity contribution in [2.24, 2.45) is 0 Å². The molecular weight excluding hydrogens is 304 g/mol. The number of hydrogen-bond donors (Lipinski definition) is 1. The van der Waals surface area contributed by atoms with Gasteiger partial charge in [0.1, 0.15) is 9.29 Å². The topological polar surface area (TPSA) is 34.1 Å². The van der Waals surface area contributed by atoms with Gasteiger partial charge < -0.3 is 0 Å². The van der Waals surface area contributed by atoms with Crippen molar-refractivity contribution in [3.8, 4) is 0 Å². The lowest BCUT2D eigenvalue weighted by atomic mass is 10.4. The zero-order valence-corrected chi connectivity index (χ0v) is 16.4. The van der Waals surface area contributed by atoms with E-state index < -0.39 is 16.5 Å². The van der Waals surface area contributed by atoms with Crippen LogP contribution in [0, 0.1) is 0 Å². The van der Waals surface area contributed by atoms with E-state index in [1.165, 1.54) is 0 Å². The first-order chi connectivity index (χ1) is 9.49. The second-order valence-electron chi connectivity index (χ2n) is 5.89. The van der Waals surface area contributed by atoms with Crippen LogP contribution in [0.4, 0.5) is 0 Å². The summed E-state index contributed by atoms with van der Waals surface area (Å²) in [5.41, 5.74) is 0. The molecule has 0 aromatic heterocycles. The van der Waals surface area contributed by atoms with Crippen molar-refractivity contribution >= 4 is 29.1 Å². The second-order valence-corrected chi connectivity index (χ2v) is 16.3. The summed E-state index contributed by atoms with van der Waals surface area (Å²) in [4.78, 5) is 0. The van der Waals surface area contributed by atoms with Gasteiger partial charge in [0.05, 0.1) is 0 Å². The normalized spacial score (nSPS) is 12.8. The van der Waals surface area contributed by atoms with Crippen LogP contribution in [-0.4, -0.2) is 27.1 Å². The second kappa shape index (κ2) is 11.1. The van der Waals surface area contributed by atoms with Crippen molar-refractivity contribution in [2.45, 2.75) is 83.8 Å². The quantitative estimate of drug-likeness (QED) is 0.376. The largest absolute Gasteiger partial charge is 0.236 e. The van der Waals surface area contributed by atoms with Gasteiger partial charge in [-0.3, -0.25) is 0 Å². The summed E-state index contributed by atoms with van der Waals surface area (Å²) < 4.78 is 25.9. The first-order valence-corrected chi connectivity index (χ1v) is 14.0. The fourth-order valence-electron chi connectivity index (χ4n) is 2.81. The Kier molecular flexibility index (Phi) is 11.4. The van der Waals surface area contributed by atoms with Gasteiger partial charge in [0.25, 0.3) is 0 Å². The highest BCUT2D eigenvalue weighted by Crippen LogP contribution is 2.34. The number of rotatable bonds is 13. The van der Waals surface area contributed by atoms with Gasteiger partial charge in [0.15, 0.2) is 7.22 Å². The van der Waals surface area contributed by atoms with Gasteiger partial charge in [-0.15, -0.1) is 0 Å². The van der Waals surface area contributed by atoms with E-state index in [2.05, 4.69) is 33.4 Å². The Hall–Kier alpha value is 0.517. The lowest BCUT2D eigenvalue weighted by molar-refractivity contribution is 0.603. The van der Waals surface area contributed by atoms with Gasteiger partial charge in [-0.05, 0) is 30.3 Å². The molecule has 0 atom stereocenters. The predicted octanol–water partition coefficient (Wildman–Crippen LogP) is 5.07. The highest BCUT2D eigenvalue weighted by molar-refractivity contribution is 8.22. The molecule has 20 heavy (non-hydrogen) atoms. The molecule has 0 bridgehead atoms. The van der Waals surface area contributed by atoms with E-state index in [4.69, 9.17) is 0 Å². The third-order valence-electron chi connectivity index (χ3n) is 4.19. The van der Waals surface area contributed by atoms with Crippen molar-refractivity contribution < 1.29 is 8.42 Å². The summed E-state index contributed by atoms with van der Waals surface area (Å²) in [5.74, 6) is 1.05. The Morgan fingerprint density at radius 1 is 0.800 bits per heavy atom. The van der Waals surface area contributed by atoms with E-state index in [1.807, 2.05) is 0 Å². The molecule has 0 aromatic carbocycles. The molecule has 0 unspecified atom stereocenters. The highest BCUT2D eigenvalue weighted by atomic mass is 32.4. The minimum absolute atomic E-state index is 0.375. The predicted molar refractivity (Wildman–Crippen MR) is 97.2 cm³/mol. The van der Waals surface area contributed by atoms with Crippen molar-refractivity contribution in [1.82, 2.24) is 0 Å². The Bertz CT molecular complexity index is 307. The molecule has 0 heterocycles. The first kappa shape index (κ1) is 20.5. The summed E-state index contributed by atoms with van der Waals surface area (Å²) in [6.07, 6.45) is 7.28. The van der Waals surface area contributed by atoms with Crippen LogP contribution in [0.15, 0.2) is 0 Å². The first-order valence-electron chi connectivity index (χ1n) is 8.32. The van der Waals surface area contributed by atoms with Crippen LogP contribution >= 0.6 is 12.6 Å². The molecular formula is C15H34O2S2Si. The van der Waals surface area contributed by atoms with Gasteiger partial charge in [-0.2, -0.15) is 12.6 Å². The Morgan fingerprint density at radius 3 is 1.50 bits per heavy atom. The summed E-state index contributed by atoms with van der Waals surface area (Å²) >= 11 is 4.19. The third-order valence-corrected chi connectivity index (χ3v) is 16.9. The zero-order valence-electron chi connectivity index (χ0n) is 13.7. The summed E-state index contributed by atoms with van der Waals surface area (Å²) in [7, 11) is -5.06. The maximum atomic E-state index is 13.0. The van der Waals surface area contributed by atoms with Gasteiger partial charge in [0, 0.05) is 5.75 Å². The van der Waals surface area contributed by atoms with Gasteiger partial charge >= 0.3 is 0 Å². The Morgan fingerprint density at radius 2 is 1.20 bits per heavy atom. The average molecular weight is 339 g/mol. The highest BCUT2D eigenvalue weighted by Gasteiger charge is 2.44. The van der Waals surface area contributed by atoms with Gasteiger partial charge in [-0.25, -0.2) is 8.42 Å². The molecule has 0 aliphatic rings. The van der Waals surface area contributed by atoms with Crippen molar-refractivity contribution in [2.75, 3.05) is 11.5 Å². The van der Waals surface area contributed by atoms with E-state index >= 15 is 0 Å². The number of unbranched alkanes of at least 4 members (excludes halogenated alkanes) is 3. The maximum Gasteiger partial charge on any atom is 0.195 e. The van der Waals surface area contributed by atoms with E-state index in [0.29, 0.717) is 17.9 Å². The molecule has 0 fully saturated rings. The van der Waals surface area contributed by atoms with E-state index in [0.717, 1.165) is 56.7 Å². The number of thiol groups is 1. The number of hydrogen-bond acceptors (Lipinski definition) is 3. The molecule has 5 heteroatoms. The molecule has 122 valence electrons. The Labute approximate surface area is 133 Å². The van der Waals surface area contributed by atoms with Crippen molar-refractivity contribution in [3.05, 3.63) is 0 Å². The smallest absolute Gasteiger partial charge is 0.195 e. The van der Waals surface area contributed by atoms with E-state index in [-0.39, 0.29) is 0 Å². The van der Waals surface area contributed by atoms with Gasteiger partial charge in [0.2, 0.25) is 0 Å². The van der Waals surface area contributed by atoms with E-state index in [9.17, 15) is 8.42 Å². The fraction of sp³-hybridized carbons (Fsp3) is 1.00. The minimum atomic E-state index is -2.87. The Balaban J connectivity index is 5.20. The molecule has 0 aliphatic heterocycles. The molecule has 0 radical (unpaired) electrons. The lowest BCUT2D eigenvalue weighted by Crippen LogP contribution is -2.45.